The van der Waals surface area contributed by atoms with Gasteiger partial charge in [0.15, 0.2) is 0 Å². The van der Waals surface area contributed by atoms with E-state index in [1.165, 1.54) is 5.57 Å². The van der Waals surface area contributed by atoms with Gasteiger partial charge in [0.25, 0.3) is 5.91 Å². The Morgan fingerprint density at radius 3 is 2.47 bits per heavy atom. The van der Waals surface area contributed by atoms with E-state index in [0.29, 0.717) is 38.7 Å². The first-order valence-corrected chi connectivity index (χ1v) is 11.6. The molecule has 0 N–H and O–H groups in total. The predicted octanol–water partition coefficient (Wildman–Crippen LogP) is 2.80. The molecule has 7 nitrogen and oxygen atoms in total. The fourth-order valence-corrected chi connectivity index (χ4v) is 5.17. The lowest BCUT2D eigenvalue weighted by Crippen LogP contribution is -2.49. The standard InChI is InChI=1S/C25H29N5O2/c31-23(28-13-15-29(16-14-28)25-26-11-6-12-27-25)17-21-20-9-4-5-10-22(20)30(24(21)32)18-19-7-2-1-3-8-19/h1-3,6-8,11-12,22H,4-5,9-10,13-18H2. The summed E-state index contributed by atoms with van der Waals surface area (Å²) < 4.78 is 0. The van der Waals surface area contributed by atoms with Crippen LogP contribution in [0.4, 0.5) is 5.95 Å². The van der Waals surface area contributed by atoms with Crippen molar-refractivity contribution in [2.24, 2.45) is 0 Å². The van der Waals surface area contributed by atoms with E-state index >= 15 is 0 Å². The number of piperazine rings is 1. The van der Waals surface area contributed by atoms with Gasteiger partial charge in [-0.3, -0.25) is 9.59 Å². The van der Waals surface area contributed by atoms with Crippen LogP contribution >= 0.6 is 0 Å². The maximum Gasteiger partial charge on any atom is 0.251 e. The molecule has 7 heteroatoms. The zero-order valence-electron chi connectivity index (χ0n) is 18.3. The van der Waals surface area contributed by atoms with Gasteiger partial charge in [-0.15, -0.1) is 0 Å². The smallest absolute Gasteiger partial charge is 0.251 e. The van der Waals surface area contributed by atoms with Crippen LogP contribution in [0.3, 0.4) is 0 Å². The third-order valence-corrected chi connectivity index (χ3v) is 6.85. The quantitative estimate of drug-likeness (QED) is 0.728. The van der Waals surface area contributed by atoms with Crippen LogP contribution in [0.5, 0.6) is 0 Å². The molecule has 2 amide bonds. The van der Waals surface area contributed by atoms with E-state index in [1.807, 2.05) is 28.0 Å². The van der Waals surface area contributed by atoms with Crippen molar-refractivity contribution in [2.45, 2.75) is 44.7 Å². The second-order valence-corrected chi connectivity index (χ2v) is 8.78. The fourth-order valence-electron chi connectivity index (χ4n) is 5.17. The summed E-state index contributed by atoms with van der Waals surface area (Å²) in [4.78, 5) is 41.2. The highest BCUT2D eigenvalue weighted by atomic mass is 16.2. The summed E-state index contributed by atoms with van der Waals surface area (Å²) >= 11 is 0. The van der Waals surface area contributed by atoms with E-state index in [9.17, 15) is 9.59 Å². The molecular formula is C25H29N5O2. The van der Waals surface area contributed by atoms with E-state index in [-0.39, 0.29) is 24.3 Å². The molecule has 166 valence electrons. The Kier molecular flexibility index (Phi) is 5.88. The van der Waals surface area contributed by atoms with Gasteiger partial charge in [0.2, 0.25) is 11.9 Å². The molecule has 1 saturated heterocycles. The first-order valence-electron chi connectivity index (χ1n) is 11.6. The number of nitrogens with zero attached hydrogens (tertiary/aromatic N) is 5. The molecule has 1 aromatic heterocycles. The first kappa shape index (κ1) is 20.7. The van der Waals surface area contributed by atoms with Gasteiger partial charge in [0, 0.05) is 50.7 Å². The summed E-state index contributed by atoms with van der Waals surface area (Å²) in [6, 6.07) is 12.1. The zero-order chi connectivity index (χ0) is 21.9. The average molecular weight is 432 g/mol. The number of amides is 2. The molecule has 2 aromatic rings. The van der Waals surface area contributed by atoms with Gasteiger partial charge >= 0.3 is 0 Å². The number of aromatic nitrogens is 2. The number of hydrogen-bond donors (Lipinski definition) is 0. The molecule has 0 radical (unpaired) electrons. The molecule has 1 aromatic carbocycles. The van der Waals surface area contributed by atoms with E-state index in [1.54, 1.807) is 18.5 Å². The minimum absolute atomic E-state index is 0.0559. The van der Waals surface area contributed by atoms with Gasteiger partial charge in [-0.25, -0.2) is 9.97 Å². The molecule has 1 aliphatic carbocycles. The lowest BCUT2D eigenvalue weighted by molar-refractivity contribution is -0.133. The Morgan fingerprint density at radius 1 is 0.969 bits per heavy atom. The minimum Gasteiger partial charge on any atom is -0.339 e. The maximum absolute atomic E-state index is 13.4. The third kappa shape index (κ3) is 4.11. The lowest BCUT2D eigenvalue weighted by Gasteiger charge is -2.34. The van der Waals surface area contributed by atoms with Crippen LogP contribution in [0.25, 0.3) is 0 Å². The molecule has 3 heterocycles. The highest BCUT2D eigenvalue weighted by molar-refractivity contribution is 6.02. The van der Waals surface area contributed by atoms with Crippen molar-refractivity contribution in [3.05, 3.63) is 65.5 Å². The molecule has 0 bridgehead atoms. The first-order chi connectivity index (χ1) is 15.7. The van der Waals surface area contributed by atoms with Crippen LogP contribution in [0.15, 0.2) is 59.9 Å². The summed E-state index contributed by atoms with van der Waals surface area (Å²) in [5.41, 5.74) is 3.10. The Hall–Kier alpha value is -3.22. The van der Waals surface area contributed by atoms with Crippen LogP contribution < -0.4 is 4.90 Å². The molecule has 1 atom stereocenters. The van der Waals surface area contributed by atoms with Gasteiger partial charge < -0.3 is 14.7 Å². The Labute approximate surface area is 188 Å². The molecule has 32 heavy (non-hydrogen) atoms. The SMILES string of the molecule is O=C(CC1=C2CCCCC2N(Cc2ccccc2)C1=O)N1CCN(c2ncccn2)CC1. The number of benzene rings is 1. The summed E-state index contributed by atoms with van der Waals surface area (Å²) in [7, 11) is 0. The number of carbonyl (C=O) groups excluding carboxylic acids is 2. The van der Waals surface area contributed by atoms with Crippen LogP contribution in [-0.2, 0) is 16.1 Å². The number of hydrogen-bond acceptors (Lipinski definition) is 5. The Balaban J connectivity index is 1.26. The molecule has 2 aliphatic heterocycles. The predicted molar refractivity (Wildman–Crippen MR) is 122 cm³/mol. The average Bonchev–Trinajstić information content (AvgIpc) is 3.11. The van der Waals surface area contributed by atoms with Gasteiger partial charge in [-0.1, -0.05) is 36.8 Å². The molecule has 5 rings (SSSR count). The van der Waals surface area contributed by atoms with Crippen molar-refractivity contribution in [3.8, 4) is 0 Å². The summed E-state index contributed by atoms with van der Waals surface area (Å²) in [5, 5.41) is 0. The molecule has 3 aliphatic rings. The number of anilines is 1. The highest BCUT2D eigenvalue weighted by Gasteiger charge is 2.40. The molecule has 2 fully saturated rings. The summed E-state index contributed by atoms with van der Waals surface area (Å²) in [6.07, 6.45) is 7.87. The molecule has 1 unspecified atom stereocenters. The van der Waals surface area contributed by atoms with Crippen molar-refractivity contribution in [1.82, 2.24) is 19.8 Å². The highest BCUT2D eigenvalue weighted by Crippen LogP contribution is 2.39. The second-order valence-electron chi connectivity index (χ2n) is 8.78. The van der Waals surface area contributed by atoms with Crippen LogP contribution in [0.1, 0.15) is 37.7 Å². The topological polar surface area (TPSA) is 69.6 Å². The van der Waals surface area contributed by atoms with Crippen LogP contribution in [0.2, 0.25) is 0 Å². The van der Waals surface area contributed by atoms with E-state index in [2.05, 4.69) is 27.0 Å². The number of rotatable bonds is 5. The molecular weight excluding hydrogens is 402 g/mol. The van der Waals surface area contributed by atoms with E-state index < -0.39 is 0 Å². The molecule has 0 spiro atoms. The third-order valence-electron chi connectivity index (χ3n) is 6.85. The van der Waals surface area contributed by atoms with Crippen molar-refractivity contribution < 1.29 is 9.59 Å². The second kappa shape index (κ2) is 9.10. The Morgan fingerprint density at radius 2 is 1.72 bits per heavy atom. The van der Waals surface area contributed by atoms with Gasteiger partial charge in [-0.05, 0) is 36.5 Å². The van der Waals surface area contributed by atoms with Crippen molar-refractivity contribution >= 4 is 17.8 Å². The van der Waals surface area contributed by atoms with Crippen LogP contribution in [0, 0.1) is 0 Å². The van der Waals surface area contributed by atoms with Crippen molar-refractivity contribution in [1.29, 1.82) is 0 Å². The summed E-state index contributed by atoms with van der Waals surface area (Å²) in [5.74, 6) is 0.817. The van der Waals surface area contributed by atoms with Gasteiger partial charge in [0.1, 0.15) is 0 Å². The minimum atomic E-state index is 0.0559. The number of carbonyl (C=O) groups is 2. The zero-order valence-corrected chi connectivity index (χ0v) is 18.3. The Bertz CT molecular complexity index is 1000. The van der Waals surface area contributed by atoms with Gasteiger partial charge in [0.05, 0.1) is 12.5 Å². The van der Waals surface area contributed by atoms with E-state index in [0.717, 1.165) is 36.8 Å². The number of fused-ring (bicyclic) bond motifs is 1. The van der Waals surface area contributed by atoms with Crippen LogP contribution in [-0.4, -0.2) is 63.8 Å². The fraction of sp³-hybridized carbons (Fsp3) is 0.440. The van der Waals surface area contributed by atoms with Crippen molar-refractivity contribution in [3.63, 3.8) is 0 Å². The molecule has 1 saturated carbocycles. The maximum atomic E-state index is 13.4. The van der Waals surface area contributed by atoms with E-state index in [4.69, 9.17) is 0 Å². The van der Waals surface area contributed by atoms with Gasteiger partial charge in [-0.2, -0.15) is 0 Å². The normalized spacial score (nSPS) is 21.2. The lowest BCUT2D eigenvalue weighted by atomic mass is 9.88. The largest absolute Gasteiger partial charge is 0.339 e. The summed E-state index contributed by atoms with van der Waals surface area (Å²) in [6.45, 7) is 3.29. The monoisotopic (exact) mass is 431 g/mol. The van der Waals surface area contributed by atoms with Crippen molar-refractivity contribution in [2.75, 3.05) is 31.1 Å².